The number of ether oxygens (including phenoxy) is 3. The number of para-hydroxylation sites is 2. The zero-order valence-corrected chi connectivity index (χ0v) is 19.3. The Morgan fingerprint density at radius 1 is 1.08 bits per heavy atom. The van der Waals surface area contributed by atoms with E-state index in [0.717, 1.165) is 0 Å². The summed E-state index contributed by atoms with van der Waals surface area (Å²) in [5, 5.41) is 18.2. The summed E-state index contributed by atoms with van der Waals surface area (Å²) >= 11 is 0. The molecule has 186 valence electrons. The van der Waals surface area contributed by atoms with E-state index in [0.29, 0.717) is 42.8 Å². The minimum Gasteiger partial charge on any atom is -0.477 e. The first kappa shape index (κ1) is 24.4. The lowest BCUT2D eigenvalue weighted by Gasteiger charge is -2.09. The van der Waals surface area contributed by atoms with Crippen LogP contribution in [0, 0.1) is 10.1 Å². The van der Waals surface area contributed by atoms with Crippen molar-refractivity contribution in [1.82, 2.24) is 14.8 Å². The first-order chi connectivity index (χ1) is 17.5. The lowest BCUT2D eigenvalue weighted by atomic mass is 10.2. The quantitative estimate of drug-likeness (QED) is 0.177. The molecule has 12 heteroatoms. The van der Waals surface area contributed by atoms with Gasteiger partial charge in [0.25, 0.3) is 5.91 Å². The monoisotopic (exact) mass is 493 g/mol. The maximum atomic E-state index is 12.3. The van der Waals surface area contributed by atoms with Crippen LogP contribution in [0.4, 0.5) is 11.4 Å². The van der Waals surface area contributed by atoms with Crippen molar-refractivity contribution in [2.24, 2.45) is 0 Å². The van der Waals surface area contributed by atoms with E-state index >= 15 is 0 Å². The number of furan rings is 1. The highest BCUT2D eigenvalue weighted by atomic mass is 16.6. The number of nitro groups is 1. The summed E-state index contributed by atoms with van der Waals surface area (Å²) in [5.74, 6) is 0.500. The summed E-state index contributed by atoms with van der Waals surface area (Å²) < 4.78 is 23.2. The molecule has 0 unspecified atom stereocenters. The maximum Gasteiger partial charge on any atom is 0.336 e. The highest BCUT2D eigenvalue weighted by Crippen LogP contribution is 2.26. The number of nitrogens with one attached hydrogen (secondary N) is 1. The van der Waals surface area contributed by atoms with Crippen LogP contribution < -0.4 is 14.8 Å². The Kier molecular flexibility index (Phi) is 7.88. The van der Waals surface area contributed by atoms with E-state index in [1.807, 2.05) is 6.92 Å². The largest absolute Gasteiger partial charge is 0.477 e. The van der Waals surface area contributed by atoms with Crippen molar-refractivity contribution in [2.45, 2.75) is 6.92 Å². The molecule has 0 radical (unpaired) electrons. The number of carbonyl (C=O) groups excluding carboxylic acids is 1. The average molecular weight is 493 g/mol. The van der Waals surface area contributed by atoms with Gasteiger partial charge in [-0.2, -0.15) is 4.98 Å². The summed E-state index contributed by atoms with van der Waals surface area (Å²) in [6.45, 7) is 2.81. The molecule has 12 nitrogen and oxygen atoms in total. The number of hydrogen-bond donors (Lipinski definition) is 1. The summed E-state index contributed by atoms with van der Waals surface area (Å²) in [7, 11) is 0. The van der Waals surface area contributed by atoms with Crippen molar-refractivity contribution >= 4 is 17.3 Å². The third kappa shape index (κ3) is 6.04. The number of anilines is 1. The molecule has 4 aromatic rings. The second kappa shape index (κ2) is 11.6. The summed E-state index contributed by atoms with van der Waals surface area (Å²) in [5.41, 5.74) is 0.946. The molecule has 36 heavy (non-hydrogen) atoms. The number of benzene rings is 2. The standard InChI is InChI=1S/C24H23N5O7/c1-2-33-14-15-35-24-26-23(21-8-5-13-34-21)28(27-24)18-11-9-17(10-12-18)25-22(30)16-36-20-7-4-3-6-19(20)29(31)32/h3-13H,2,14-16H2,1H3,(H,25,30). The Balaban J connectivity index is 1.43. The van der Waals surface area contributed by atoms with Gasteiger partial charge >= 0.3 is 11.7 Å². The molecule has 2 aromatic heterocycles. The highest BCUT2D eigenvalue weighted by Gasteiger charge is 2.18. The van der Waals surface area contributed by atoms with E-state index in [1.165, 1.54) is 24.5 Å². The third-order valence-electron chi connectivity index (χ3n) is 4.81. The van der Waals surface area contributed by atoms with Crippen LogP contribution in [0.25, 0.3) is 17.3 Å². The predicted molar refractivity (Wildman–Crippen MR) is 128 cm³/mol. The van der Waals surface area contributed by atoms with Gasteiger partial charge in [-0.25, -0.2) is 4.68 Å². The number of aromatic nitrogens is 3. The zero-order chi connectivity index (χ0) is 25.3. The van der Waals surface area contributed by atoms with Gasteiger partial charge in [0.15, 0.2) is 18.1 Å². The number of amides is 1. The van der Waals surface area contributed by atoms with Crippen molar-refractivity contribution in [1.29, 1.82) is 0 Å². The maximum absolute atomic E-state index is 12.3. The minimum absolute atomic E-state index is 0.0175. The smallest absolute Gasteiger partial charge is 0.336 e. The van der Waals surface area contributed by atoms with Crippen LogP contribution in [0.1, 0.15) is 6.92 Å². The molecule has 0 spiro atoms. The van der Waals surface area contributed by atoms with Crippen LogP contribution in [0.2, 0.25) is 0 Å². The first-order valence-electron chi connectivity index (χ1n) is 11.0. The van der Waals surface area contributed by atoms with E-state index < -0.39 is 10.8 Å². The number of nitro benzene ring substituents is 1. The molecule has 2 aromatic carbocycles. The Hall–Kier alpha value is -4.71. The highest BCUT2D eigenvalue weighted by molar-refractivity contribution is 5.92. The van der Waals surface area contributed by atoms with Crippen molar-refractivity contribution in [3.63, 3.8) is 0 Å². The average Bonchev–Trinajstić information content (AvgIpc) is 3.56. The van der Waals surface area contributed by atoms with Gasteiger partial charge in [-0.05, 0) is 49.4 Å². The van der Waals surface area contributed by atoms with Crippen molar-refractivity contribution in [3.8, 4) is 29.0 Å². The molecule has 0 saturated carbocycles. The molecule has 0 atom stereocenters. The molecule has 0 aliphatic carbocycles. The van der Waals surface area contributed by atoms with Crippen LogP contribution in [0.15, 0.2) is 71.3 Å². The van der Waals surface area contributed by atoms with Crippen molar-refractivity contribution in [3.05, 3.63) is 77.0 Å². The summed E-state index contributed by atoms with van der Waals surface area (Å²) in [6, 6.07) is 16.4. The molecule has 0 aliphatic heterocycles. The SMILES string of the molecule is CCOCCOc1nc(-c2ccco2)n(-c2ccc(NC(=O)COc3ccccc3[N+](=O)[O-])cc2)n1. The third-order valence-corrected chi connectivity index (χ3v) is 4.81. The molecule has 0 fully saturated rings. The number of rotatable bonds is 12. The normalized spacial score (nSPS) is 10.7. The fourth-order valence-corrected chi connectivity index (χ4v) is 3.19. The van der Waals surface area contributed by atoms with Gasteiger partial charge in [-0.15, -0.1) is 5.10 Å². The zero-order valence-electron chi connectivity index (χ0n) is 19.3. The van der Waals surface area contributed by atoms with Crippen LogP contribution >= 0.6 is 0 Å². The predicted octanol–water partition coefficient (Wildman–Crippen LogP) is 3.87. The van der Waals surface area contributed by atoms with Crippen LogP contribution in [0.5, 0.6) is 11.8 Å². The number of carbonyl (C=O) groups is 1. The molecular formula is C24H23N5O7. The van der Waals surface area contributed by atoms with Gasteiger partial charge in [0.1, 0.15) is 6.61 Å². The number of hydrogen-bond acceptors (Lipinski definition) is 9. The van der Waals surface area contributed by atoms with Gasteiger partial charge in [-0.1, -0.05) is 12.1 Å². The minimum atomic E-state index is -0.567. The first-order valence-corrected chi connectivity index (χ1v) is 11.0. The summed E-state index contributed by atoms with van der Waals surface area (Å²) in [6.07, 6.45) is 1.54. The second-order valence-corrected chi connectivity index (χ2v) is 7.26. The van der Waals surface area contributed by atoms with E-state index in [4.69, 9.17) is 18.6 Å². The van der Waals surface area contributed by atoms with Gasteiger partial charge in [-0.3, -0.25) is 14.9 Å². The van der Waals surface area contributed by atoms with E-state index in [2.05, 4.69) is 15.4 Å². The van der Waals surface area contributed by atoms with Crippen LogP contribution in [-0.4, -0.2) is 52.0 Å². The Morgan fingerprint density at radius 3 is 2.61 bits per heavy atom. The fourth-order valence-electron chi connectivity index (χ4n) is 3.19. The van der Waals surface area contributed by atoms with Gasteiger partial charge in [0.05, 0.1) is 23.5 Å². The van der Waals surface area contributed by atoms with Crippen molar-refractivity contribution < 1.29 is 28.3 Å². The lowest BCUT2D eigenvalue weighted by Crippen LogP contribution is -2.20. The number of nitrogens with zero attached hydrogens (tertiary/aromatic N) is 4. The molecule has 0 saturated heterocycles. The molecule has 1 N–H and O–H groups in total. The van der Waals surface area contributed by atoms with E-state index in [-0.39, 0.29) is 24.1 Å². The fraction of sp³-hybridized carbons (Fsp3) is 0.208. The molecule has 4 rings (SSSR count). The van der Waals surface area contributed by atoms with E-state index in [9.17, 15) is 14.9 Å². The van der Waals surface area contributed by atoms with Gasteiger partial charge in [0, 0.05) is 18.4 Å². The lowest BCUT2D eigenvalue weighted by molar-refractivity contribution is -0.385. The van der Waals surface area contributed by atoms with Gasteiger partial charge in [0.2, 0.25) is 5.82 Å². The Bertz CT molecular complexity index is 1300. The molecular weight excluding hydrogens is 470 g/mol. The Labute approximate surface area is 205 Å². The topological polar surface area (TPSA) is 144 Å². The molecule has 2 heterocycles. The van der Waals surface area contributed by atoms with Crippen molar-refractivity contribution in [2.75, 3.05) is 31.7 Å². The summed E-state index contributed by atoms with van der Waals surface area (Å²) in [4.78, 5) is 27.2. The van der Waals surface area contributed by atoms with E-state index in [1.54, 1.807) is 47.1 Å². The second-order valence-electron chi connectivity index (χ2n) is 7.26. The van der Waals surface area contributed by atoms with Gasteiger partial charge < -0.3 is 23.9 Å². The molecule has 0 bridgehead atoms. The Morgan fingerprint density at radius 2 is 1.89 bits per heavy atom. The van der Waals surface area contributed by atoms with Crippen LogP contribution in [-0.2, 0) is 9.53 Å². The van der Waals surface area contributed by atoms with Crippen LogP contribution in [0.3, 0.4) is 0 Å². The molecule has 0 aliphatic rings. The molecule has 1 amide bonds.